The van der Waals surface area contributed by atoms with Gasteiger partial charge in [-0.1, -0.05) is 27.5 Å². The highest BCUT2D eigenvalue weighted by molar-refractivity contribution is 9.08. The van der Waals surface area contributed by atoms with Crippen LogP contribution in [0.1, 0.15) is 5.56 Å². The maximum absolute atomic E-state index is 6.10. The van der Waals surface area contributed by atoms with Gasteiger partial charge in [0.25, 0.3) is 0 Å². The molecule has 0 amide bonds. The van der Waals surface area contributed by atoms with Crippen LogP contribution < -0.4 is 4.74 Å². The Labute approximate surface area is 99.8 Å². The van der Waals surface area contributed by atoms with E-state index in [0.29, 0.717) is 5.02 Å². The SMILES string of the molecule is COc1c(Cl)cc2ccsc2c1CBr. The van der Waals surface area contributed by atoms with Crippen molar-refractivity contribution >= 4 is 49.0 Å². The van der Waals surface area contributed by atoms with Gasteiger partial charge in [0.15, 0.2) is 0 Å². The van der Waals surface area contributed by atoms with E-state index in [4.69, 9.17) is 16.3 Å². The van der Waals surface area contributed by atoms with Crippen LogP contribution in [0.25, 0.3) is 10.1 Å². The van der Waals surface area contributed by atoms with Gasteiger partial charge in [0, 0.05) is 15.6 Å². The Bertz CT molecular complexity index is 466. The average Bonchev–Trinajstić information content (AvgIpc) is 2.62. The molecule has 1 heterocycles. The van der Waals surface area contributed by atoms with Crippen LogP contribution in [-0.4, -0.2) is 7.11 Å². The standard InChI is InChI=1S/C10H8BrClOS/c1-13-9-7(5-11)10-6(2-3-14-10)4-8(9)12/h2-4H,5H2,1H3. The van der Waals surface area contributed by atoms with Crippen LogP contribution in [0.4, 0.5) is 0 Å². The van der Waals surface area contributed by atoms with Crippen molar-refractivity contribution in [2.75, 3.05) is 7.11 Å². The molecule has 2 rings (SSSR count). The second-order valence-electron chi connectivity index (χ2n) is 2.84. The van der Waals surface area contributed by atoms with Crippen LogP contribution in [0.5, 0.6) is 5.75 Å². The zero-order valence-corrected chi connectivity index (χ0v) is 10.7. The van der Waals surface area contributed by atoms with Crippen molar-refractivity contribution in [2.24, 2.45) is 0 Å². The average molecular weight is 292 g/mol. The lowest BCUT2D eigenvalue weighted by atomic mass is 10.1. The summed E-state index contributed by atoms with van der Waals surface area (Å²) in [5, 5.41) is 4.67. The van der Waals surface area contributed by atoms with Crippen molar-refractivity contribution in [1.82, 2.24) is 0 Å². The first-order valence-corrected chi connectivity index (χ1v) is 6.44. The summed E-state index contributed by atoms with van der Waals surface area (Å²) in [6.07, 6.45) is 0. The molecule has 0 fully saturated rings. The Morgan fingerprint density at radius 2 is 2.36 bits per heavy atom. The van der Waals surface area contributed by atoms with Crippen LogP contribution in [0.3, 0.4) is 0 Å². The fourth-order valence-corrected chi connectivity index (χ4v) is 3.42. The summed E-state index contributed by atoms with van der Waals surface area (Å²) >= 11 is 11.3. The van der Waals surface area contributed by atoms with Crippen LogP contribution in [0, 0.1) is 0 Å². The Morgan fingerprint density at radius 3 is 3.00 bits per heavy atom. The van der Waals surface area contributed by atoms with Crippen LogP contribution >= 0.6 is 38.9 Å². The van der Waals surface area contributed by atoms with E-state index in [2.05, 4.69) is 27.4 Å². The van der Waals surface area contributed by atoms with Gasteiger partial charge in [-0.25, -0.2) is 0 Å². The molecule has 2 aromatic rings. The normalized spacial score (nSPS) is 10.8. The summed E-state index contributed by atoms with van der Waals surface area (Å²) in [4.78, 5) is 0. The molecule has 0 N–H and O–H groups in total. The fraction of sp³-hybridized carbons (Fsp3) is 0.200. The minimum atomic E-state index is 0.674. The molecular weight excluding hydrogens is 284 g/mol. The molecule has 0 saturated heterocycles. The molecule has 0 aliphatic rings. The minimum absolute atomic E-state index is 0.674. The Morgan fingerprint density at radius 1 is 1.57 bits per heavy atom. The number of benzene rings is 1. The number of halogens is 2. The molecule has 0 atom stereocenters. The van der Waals surface area contributed by atoms with Crippen LogP contribution in [-0.2, 0) is 5.33 Å². The molecule has 0 unspecified atom stereocenters. The van der Waals surface area contributed by atoms with E-state index in [1.165, 1.54) is 10.1 Å². The van der Waals surface area contributed by atoms with E-state index in [9.17, 15) is 0 Å². The lowest BCUT2D eigenvalue weighted by molar-refractivity contribution is 0.412. The number of fused-ring (bicyclic) bond motifs is 1. The van der Waals surface area contributed by atoms with Crippen molar-refractivity contribution in [3.8, 4) is 5.75 Å². The zero-order valence-electron chi connectivity index (χ0n) is 7.51. The van der Waals surface area contributed by atoms with Gasteiger partial charge in [0.1, 0.15) is 5.75 Å². The quantitative estimate of drug-likeness (QED) is 0.742. The van der Waals surface area contributed by atoms with Gasteiger partial charge in [-0.05, 0) is 22.9 Å². The van der Waals surface area contributed by atoms with Crippen molar-refractivity contribution in [2.45, 2.75) is 5.33 Å². The van der Waals surface area contributed by atoms with Crippen molar-refractivity contribution in [3.63, 3.8) is 0 Å². The third-order valence-electron chi connectivity index (χ3n) is 2.08. The van der Waals surface area contributed by atoms with Gasteiger partial charge in [-0.2, -0.15) is 0 Å². The Hall–Kier alpha value is -0.250. The molecule has 1 aromatic carbocycles. The topological polar surface area (TPSA) is 9.23 Å². The summed E-state index contributed by atoms with van der Waals surface area (Å²) in [6.45, 7) is 0. The third-order valence-corrected chi connectivity index (χ3v) is 3.91. The zero-order chi connectivity index (χ0) is 10.1. The predicted octanol–water partition coefficient (Wildman–Crippen LogP) is 4.46. The van der Waals surface area contributed by atoms with Gasteiger partial charge in [-0.3, -0.25) is 0 Å². The molecule has 0 aliphatic heterocycles. The largest absolute Gasteiger partial charge is 0.495 e. The van der Waals surface area contributed by atoms with Gasteiger partial charge in [0.05, 0.1) is 12.1 Å². The maximum Gasteiger partial charge on any atom is 0.142 e. The first-order valence-electron chi connectivity index (χ1n) is 4.06. The Balaban J connectivity index is 2.82. The molecular formula is C10H8BrClOS. The molecule has 14 heavy (non-hydrogen) atoms. The first-order chi connectivity index (χ1) is 6.77. The summed E-state index contributed by atoms with van der Waals surface area (Å²) in [7, 11) is 1.65. The molecule has 74 valence electrons. The molecule has 0 radical (unpaired) electrons. The molecule has 1 aromatic heterocycles. The number of methoxy groups -OCH3 is 1. The first kappa shape index (κ1) is 10.3. The highest BCUT2D eigenvalue weighted by Crippen LogP contribution is 2.38. The highest BCUT2D eigenvalue weighted by Gasteiger charge is 2.12. The van der Waals surface area contributed by atoms with Crippen molar-refractivity contribution < 1.29 is 4.74 Å². The van der Waals surface area contributed by atoms with E-state index in [1.807, 2.05) is 6.07 Å². The molecule has 4 heteroatoms. The number of hydrogen-bond donors (Lipinski definition) is 0. The molecule has 0 aliphatic carbocycles. The second-order valence-corrected chi connectivity index (χ2v) is 4.73. The lowest BCUT2D eigenvalue weighted by Gasteiger charge is -2.09. The molecule has 1 nitrogen and oxygen atoms in total. The van der Waals surface area contributed by atoms with Gasteiger partial charge < -0.3 is 4.74 Å². The highest BCUT2D eigenvalue weighted by atomic mass is 79.9. The predicted molar refractivity (Wildman–Crippen MR) is 66.0 cm³/mol. The smallest absolute Gasteiger partial charge is 0.142 e. The number of rotatable bonds is 2. The Kier molecular flexibility index (Phi) is 3.00. The van der Waals surface area contributed by atoms with E-state index < -0.39 is 0 Å². The molecule has 0 bridgehead atoms. The van der Waals surface area contributed by atoms with E-state index in [0.717, 1.165) is 16.6 Å². The number of thiophene rings is 1. The summed E-state index contributed by atoms with van der Waals surface area (Å²) in [5.41, 5.74) is 1.13. The minimum Gasteiger partial charge on any atom is -0.495 e. The van der Waals surface area contributed by atoms with Crippen LogP contribution in [0.2, 0.25) is 5.02 Å². The van der Waals surface area contributed by atoms with E-state index in [1.54, 1.807) is 18.4 Å². The number of hydrogen-bond acceptors (Lipinski definition) is 2. The monoisotopic (exact) mass is 290 g/mol. The van der Waals surface area contributed by atoms with Gasteiger partial charge in [0.2, 0.25) is 0 Å². The maximum atomic E-state index is 6.10. The lowest BCUT2D eigenvalue weighted by Crippen LogP contribution is -1.90. The number of ether oxygens (including phenoxy) is 1. The van der Waals surface area contributed by atoms with Gasteiger partial charge in [-0.15, -0.1) is 11.3 Å². The molecule has 0 saturated carbocycles. The molecule has 0 spiro atoms. The van der Waals surface area contributed by atoms with Gasteiger partial charge >= 0.3 is 0 Å². The second kappa shape index (κ2) is 4.09. The third kappa shape index (κ3) is 1.53. The fourth-order valence-electron chi connectivity index (χ4n) is 1.47. The van der Waals surface area contributed by atoms with E-state index in [-0.39, 0.29) is 0 Å². The van der Waals surface area contributed by atoms with Crippen LogP contribution in [0.15, 0.2) is 17.5 Å². The van der Waals surface area contributed by atoms with E-state index >= 15 is 0 Å². The number of alkyl halides is 1. The summed E-state index contributed by atoms with van der Waals surface area (Å²) < 4.78 is 6.53. The summed E-state index contributed by atoms with van der Waals surface area (Å²) in [6, 6.07) is 4.01. The van der Waals surface area contributed by atoms with Crippen molar-refractivity contribution in [3.05, 3.63) is 28.1 Å². The summed E-state index contributed by atoms with van der Waals surface area (Å²) in [5.74, 6) is 0.776. The van der Waals surface area contributed by atoms with Crippen molar-refractivity contribution in [1.29, 1.82) is 0 Å².